The number of carbonyl (C=O) groups excluding carboxylic acids is 3. The normalized spacial score (nSPS) is 16.7. The zero-order chi connectivity index (χ0) is 19.1. The molecular weight excluding hydrogens is 342 g/mol. The second-order valence-electron chi connectivity index (χ2n) is 7.05. The van der Waals surface area contributed by atoms with Crippen molar-refractivity contribution in [1.82, 2.24) is 9.80 Å². The Hall–Kier alpha value is -3.15. The van der Waals surface area contributed by atoms with Gasteiger partial charge in [-0.1, -0.05) is 12.1 Å². The Morgan fingerprint density at radius 1 is 0.889 bits per heavy atom. The first-order valence-electron chi connectivity index (χ1n) is 9.03. The van der Waals surface area contributed by atoms with Crippen LogP contribution in [0.3, 0.4) is 0 Å². The van der Waals surface area contributed by atoms with Gasteiger partial charge in [-0.25, -0.2) is 0 Å². The van der Waals surface area contributed by atoms with Gasteiger partial charge in [-0.05, 0) is 42.8 Å². The van der Waals surface area contributed by atoms with Crippen LogP contribution in [-0.4, -0.2) is 60.7 Å². The number of rotatable bonds is 2. The number of hydrogen-bond donors (Lipinski definition) is 0. The number of benzene rings is 2. The standard InChI is InChI=1S/C21H21N3O3/c1-14-4-3-5-16(12-14)23-8-10-24(11-9-23)19(25)15-6-7-17-18(13-15)21(27)22(2)20(17)26/h3-7,12-13H,8-11H2,1-2H3. The van der Waals surface area contributed by atoms with Gasteiger partial charge in [-0.3, -0.25) is 19.3 Å². The molecule has 0 N–H and O–H groups in total. The Kier molecular flexibility index (Phi) is 4.18. The molecule has 2 aromatic carbocycles. The third-order valence-electron chi connectivity index (χ3n) is 5.27. The maximum absolute atomic E-state index is 12.9. The maximum Gasteiger partial charge on any atom is 0.261 e. The molecule has 6 nitrogen and oxygen atoms in total. The fourth-order valence-corrected chi connectivity index (χ4v) is 3.67. The zero-order valence-electron chi connectivity index (χ0n) is 15.4. The van der Waals surface area contributed by atoms with E-state index in [1.165, 1.54) is 18.3 Å². The average molecular weight is 363 g/mol. The molecule has 0 aromatic heterocycles. The van der Waals surface area contributed by atoms with E-state index in [4.69, 9.17) is 0 Å². The van der Waals surface area contributed by atoms with E-state index in [9.17, 15) is 14.4 Å². The Morgan fingerprint density at radius 2 is 1.59 bits per heavy atom. The summed E-state index contributed by atoms with van der Waals surface area (Å²) in [6, 6.07) is 13.1. The lowest BCUT2D eigenvalue weighted by atomic mass is 10.0. The number of carbonyl (C=O) groups is 3. The zero-order valence-corrected chi connectivity index (χ0v) is 15.4. The van der Waals surface area contributed by atoms with E-state index in [2.05, 4.69) is 30.0 Å². The van der Waals surface area contributed by atoms with Crippen LogP contribution in [0.4, 0.5) is 5.69 Å². The van der Waals surface area contributed by atoms with Crippen LogP contribution in [0.2, 0.25) is 0 Å². The molecule has 6 heteroatoms. The van der Waals surface area contributed by atoms with Crippen molar-refractivity contribution in [2.45, 2.75) is 6.92 Å². The summed E-state index contributed by atoms with van der Waals surface area (Å²) in [5.41, 5.74) is 3.52. The van der Waals surface area contributed by atoms with Crippen molar-refractivity contribution in [2.24, 2.45) is 0 Å². The van der Waals surface area contributed by atoms with E-state index in [1.54, 1.807) is 23.1 Å². The fourth-order valence-electron chi connectivity index (χ4n) is 3.67. The molecule has 4 rings (SSSR count). The Labute approximate surface area is 158 Å². The van der Waals surface area contributed by atoms with E-state index >= 15 is 0 Å². The van der Waals surface area contributed by atoms with E-state index < -0.39 is 0 Å². The second kappa shape index (κ2) is 6.54. The molecule has 27 heavy (non-hydrogen) atoms. The minimum Gasteiger partial charge on any atom is -0.368 e. The molecule has 0 unspecified atom stereocenters. The van der Waals surface area contributed by atoms with Crippen molar-refractivity contribution in [1.29, 1.82) is 0 Å². The van der Waals surface area contributed by atoms with Gasteiger partial charge < -0.3 is 9.80 Å². The molecule has 2 aliphatic heterocycles. The van der Waals surface area contributed by atoms with Crippen LogP contribution in [0.25, 0.3) is 0 Å². The summed E-state index contributed by atoms with van der Waals surface area (Å²) in [5, 5.41) is 0. The molecule has 2 heterocycles. The highest BCUT2D eigenvalue weighted by molar-refractivity contribution is 6.21. The van der Waals surface area contributed by atoms with Gasteiger partial charge in [0.15, 0.2) is 0 Å². The first-order chi connectivity index (χ1) is 13.0. The minimum atomic E-state index is -0.353. The number of fused-ring (bicyclic) bond motifs is 1. The molecule has 138 valence electrons. The fraction of sp³-hybridized carbons (Fsp3) is 0.286. The third kappa shape index (κ3) is 2.97. The van der Waals surface area contributed by atoms with Gasteiger partial charge >= 0.3 is 0 Å². The Balaban J connectivity index is 1.48. The SMILES string of the molecule is Cc1cccc(N2CCN(C(=O)c3ccc4c(c3)C(=O)N(C)C4=O)CC2)c1. The van der Waals surface area contributed by atoms with E-state index in [-0.39, 0.29) is 17.7 Å². The monoisotopic (exact) mass is 363 g/mol. The summed E-state index contributed by atoms with van der Waals surface area (Å²) < 4.78 is 0. The van der Waals surface area contributed by atoms with Gasteiger partial charge in [0.05, 0.1) is 11.1 Å². The van der Waals surface area contributed by atoms with Crippen molar-refractivity contribution in [3.05, 3.63) is 64.7 Å². The van der Waals surface area contributed by atoms with Gasteiger partial charge in [0.1, 0.15) is 0 Å². The number of piperazine rings is 1. The van der Waals surface area contributed by atoms with Crippen molar-refractivity contribution in [2.75, 3.05) is 38.1 Å². The van der Waals surface area contributed by atoms with Gasteiger partial charge in [0.25, 0.3) is 17.7 Å². The van der Waals surface area contributed by atoms with E-state index in [0.29, 0.717) is 29.8 Å². The number of hydrogen-bond acceptors (Lipinski definition) is 4. The summed E-state index contributed by atoms with van der Waals surface area (Å²) in [5.74, 6) is -0.772. The van der Waals surface area contributed by atoms with Gasteiger partial charge in [-0.15, -0.1) is 0 Å². The molecule has 1 saturated heterocycles. The van der Waals surface area contributed by atoms with Gasteiger partial charge in [0.2, 0.25) is 0 Å². The van der Waals surface area contributed by atoms with Crippen LogP contribution in [0, 0.1) is 6.92 Å². The predicted molar refractivity (Wildman–Crippen MR) is 102 cm³/mol. The maximum atomic E-state index is 12.9. The second-order valence-corrected chi connectivity index (χ2v) is 7.05. The lowest BCUT2D eigenvalue weighted by Crippen LogP contribution is -2.48. The molecule has 0 saturated carbocycles. The average Bonchev–Trinajstić information content (AvgIpc) is 2.91. The highest BCUT2D eigenvalue weighted by atomic mass is 16.2. The largest absolute Gasteiger partial charge is 0.368 e. The molecule has 0 bridgehead atoms. The Morgan fingerprint density at radius 3 is 2.30 bits per heavy atom. The molecule has 0 spiro atoms. The highest BCUT2D eigenvalue weighted by Crippen LogP contribution is 2.24. The molecular formula is C21H21N3O3. The summed E-state index contributed by atoms with van der Waals surface area (Å²) in [6.45, 7) is 4.84. The lowest BCUT2D eigenvalue weighted by molar-refractivity contribution is 0.0692. The summed E-state index contributed by atoms with van der Waals surface area (Å²) in [7, 11) is 1.46. The smallest absolute Gasteiger partial charge is 0.261 e. The van der Waals surface area contributed by atoms with E-state index in [1.807, 2.05) is 6.07 Å². The van der Waals surface area contributed by atoms with Crippen LogP contribution in [-0.2, 0) is 0 Å². The van der Waals surface area contributed by atoms with E-state index in [0.717, 1.165) is 18.0 Å². The van der Waals surface area contributed by atoms with Gasteiger partial charge in [0, 0.05) is 44.5 Å². The topological polar surface area (TPSA) is 60.9 Å². The van der Waals surface area contributed by atoms with Gasteiger partial charge in [-0.2, -0.15) is 0 Å². The number of amides is 3. The molecule has 0 atom stereocenters. The van der Waals surface area contributed by atoms with Crippen molar-refractivity contribution < 1.29 is 14.4 Å². The van der Waals surface area contributed by atoms with Crippen molar-refractivity contribution in [3.8, 4) is 0 Å². The minimum absolute atomic E-state index is 0.100. The van der Waals surface area contributed by atoms with Crippen molar-refractivity contribution in [3.63, 3.8) is 0 Å². The number of anilines is 1. The highest BCUT2D eigenvalue weighted by Gasteiger charge is 2.33. The summed E-state index contributed by atoms with van der Waals surface area (Å²) in [6.07, 6.45) is 0. The quantitative estimate of drug-likeness (QED) is 0.768. The van der Waals surface area contributed by atoms with Crippen molar-refractivity contribution >= 4 is 23.4 Å². The molecule has 0 aliphatic carbocycles. The van der Waals surface area contributed by atoms with Crippen LogP contribution in [0.5, 0.6) is 0 Å². The third-order valence-corrected chi connectivity index (χ3v) is 5.27. The molecule has 2 aromatic rings. The van der Waals surface area contributed by atoms with Crippen LogP contribution >= 0.6 is 0 Å². The number of aryl methyl sites for hydroxylation is 1. The summed E-state index contributed by atoms with van der Waals surface area (Å²) in [4.78, 5) is 42.2. The molecule has 0 radical (unpaired) electrons. The molecule has 1 fully saturated rings. The molecule has 2 aliphatic rings. The first-order valence-corrected chi connectivity index (χ1v) is 9.03. The van der Waals surface area contributed by atoms with Crippen LogP contribution in [0.1, 0.15) is 36.6 Å². The number of imide groups is 1. The van der Waals surface area contributed by atoms with Crippen LogP contribution in [0.15, 0.2) is 42.5 Å². The first kappa shape index (κ1) is 17.3. The van der Waals surface area contributed by atoms with Crippen LogP contribution < -0.4 is 4.90 Å². The molecule has 3 amide bonds. The number of nitrogens with zero attached hydrogens (tertiary/aromatic N) is 3. The summed E-state index contributed by atoms with van der Waals surface area (Å²) >= 11 is 0. The predicted octanol–water partition coefficient (Wildman–Crippen LogP) is 2.18. The lowest BCUT2D eigenvalue weighted by Gasteiger charge is -2.36. The Bertz CT molecular complexity index is 945.